The third-order valence-electron chi connectivity index (χ3n) is 7.83. The minimum atomic E-state index is -0.910. The summed E-state index contributed by atoms with van der Waals surface area (Å²) >= 11 is 0. The van der Waals surface area contributed by atoms with Gasteiger partial charge in [0.15, 0.2) is 0 Å². The molecule has 38 heavy (non-hydrogen) atoms. The molecule has 0 radical (unpaired) electrons. The van der Waals surface area contributed by atoms with E-state index in [1.165, 1.54) is 29.0 Å². The van der Waals surface area contributed by atoms with Crippen molar-refractivity contribution in [2.45, 2.75) is 64.0 Å². The highest BCUT2D eigenvalue weighted by Gasteiger charge is 2.36. The van der Waals surface area contributed by atoms with Gasteiger partial charge >= 0.3 is 0 Å². The summed E-state index contributed by atoms with van der Waals surface area (Å²) in [5.74, 6) is -0.901. The molecule has 0 spiro atoms. The van der Waals surface area contributed by atoms with Crippen molar-refractivity contribution >= 4 is 23.2 Å². The zero-order chi connectivity index (χ0) is 26.5. The maximum atomic E-state index is 14.5. The second-order valence-electron chi connectivity index (χ2n) is 10.5. The monoisotopic (exact) mass is 513 g/mol. The molecule has 1 aliphatic carbocycles. The Morgan fingerprint density at radius 2 is 1.74 bits per heavy atom. The molecule has 5 rings (SSSR count). The van der Waals surface area contributed by atoms with E-state index >= 15 is 0 Å². The summed E-state index contributed by atoms with van der Waals surface area (Å²) in [5, 5.41) is 3.24. The van der Waals surface area contributed by atoms with Crippen LogP contribution in [0.15, 0.2) is 72.8 Å². The summed E-state index contributed by atoms with van der Waals surface area (Å²) in [7, 11) is 0. The van der Waals surface area contributed by atoms with Gasteiger partial charge in [-0.3, -0.25) is 14.5 Å². The predicted octanol–water partition coefficient (Wildman–Crippen LogP) is 6.11. The molecule has 0 bridgehead atoms. The molecule has 3 aromatic carbocycles. The zero-order valence-electron chi connectivity index (χ0n) is 22.0. The number of benzene rings is 3. The van der Waals surface area contributed by atoms with Gasteiger partial charge in [-0.25, -0.2) is 4.39 Å². The van der Waals surface area contributed by atoms with E-state index in [2.05, 4.69) is 16.3 Å². The van der Waals surface area contributed by atoms with Gasteiger partial charge in [0, 0.05) is 24.0 Å². The highest BCUT2D eigenvalue weighted by molar-refractivity contribution is 6.03. The Morgan fingerprint density at radius 1 is 0.974 bits per heavy atom. The summed E-state index contributed by atoms with van der Waals surface area (Å²) in [4.78, 5) is 31.9. The van der Waals surface area contributed by atoms with Gasteiger partial charge < -0.3 is 10.2 Å². The fourth-order valence-electron chi connectivity index (χ4n) is 5.90. The van der Waals surface area contributed by atoms with Crippen LogP contribution in [0.2, 0.25) is 0 Å². The summed E-state index contributed by atoms with van der Waals surface area (Å²) in [6.07, 6.45) is 7.15. The van der Waals surface area contributed by atoms with E-state index in [0.717, 1.165) is 61.9 Å². The number of aryl methyl sites for hydroxylation is 2. The fourth-order valence-corrected chi connectivity index (χ4v) is 5.90. The molecular weight excluding hydrogens is 477 g/mol. The fraction of sp³-hybridized carbons (Fsp3) is 0.375. The summed E-state index contributed by atoms with van der Waals surface area (Å²) < 4.78 is 14.5. The number of nitrogens with zero attached hydrogens (tertiary/aromatic N) is 2. The molecule has 1 N–H and O–H groups in total. The lowest BCUT2D eigenvalue weighted by Gasteiger charge is -2.37. The first-order valence-corrected chi connectivity index (χ1v) is 13.8. The molecule has 198 valence electrons. The number of rotatable bonds is 7. The molecule has 1 aliphatic heterocycles. The average Bonchev–Trinajstić information content (AvgIpc) is 2.93. The molecule has 2 aliphatic rings. The molecule has 0 saturated heterocycles. The van der Waals surface area contributed by atoms with Crippen LogP contribution in [-0.4, -0.2) is 30.9 Å². The zero-order valence-corrected chi connectivity index (χ0v) is 22.0. The highest BCUT2D eigenvalue weighted by atomic mass is 19.1. The van der Waals surface area contributed by atoms with Crippen LogP contribution in [0.4, 0.5) is 15.8 Å². The number of carbonyl (C=O) groups is 2. The number of hydrogen-bond acceptors (Lipinski definition) is 3. The second kappa shape index (κ2) is 11.8. The van der Waals surface area contributed by atoms with E-state index in [1.54, 1.807) is 12.1 Å². The Hall–Kier alpha value is -3.67. The van der Waals surface area contributed by atoms with Crippen LogP contribution < -0.4 is 15.1 Å². The number of fused-ring (bicyclic) bond motifs is 1. The third-order valence-corrected chi connectivity index (χ3v) is 7.83. The molecule has 2 amide bonds. The van der Waals surface area contributed by atoms with Crippen molar-refractivity contribution in [3.63, 3.8) is 0 Å². The first-order valence-electron chi connectivity index (χ1n) is 13.8. The Morgan fingerprint density at radius 3 is 2.53 bits per heavy atom. The van der Waals surface area contributed by atoms with E-state index in [4.69, 9.17) is 0 Å². The van der Waals surface area contributed by atoms with Crippen molar-refractivity contribution in [3.8, 4) is 0 Å². The number of nitrogens with one attached hydrogen (secondary N) is 1. The van der Waals surface area contributed by atoms with Gasteiger partial charge in [-0.05, 0) is 73.6 Å². The van der Waals surface area contributed by atoms with Crippen LogP contribution in [0, 0.1) is 12.7 Å². The largest absolute Gasteiger partial charge is 0.362 e. The van der Waals surface area contributed by atoms with E-state index < -0.39 is 11.9 Å². The van der Waals surface area contributed by atoms with Gasteiger partial charge in [0.05, 0.1) is 6.54 Å². The summed E-state index contributed by atoms with van der Waals surface area (Å²) in [6, 6.07) is 21.0. The van der Waals surface area contributed by atoms with Crippen LogP contribution in [0.5, 0.6) is 0 Å². The Balaban J connectivity index is 1.54. The Kier molecular flexibility index (Phi) is 8.06. The van der Waals surface area contributed by atoms with E-state index in [1.807, 2.05) is 49.4 Å². The van der Waals surface area contributed by atoms with Crippen LogP contribution in [-0.2, 0) is 16.0 Å². The highest BCUT2D eigenvalue weighted by Crippen LogP contribution is 2.33. The van der Waals surface area contributed by atoms with Crippen molar-refractivity contribution in [1.82, 2.24) is 5.32 Å². The molecule has 1 saturated carbocycles. The quantitative estimate of drug-likeness (QED) is 0.415. The molecule has 1 unspecified atom stereocenters. The summed E-state index contributed by atoms with van der Waals surface area (Å²) in [6.45, 7) is 2.81. The molecule has 3 aromatic rings. The molecule has 6 heteroatoms. The smallest absolute Gasteiger partial charge is 0.248 e. The van der Waals surface area contributed by atoms with Gasteiger partial charge in [-0.2, -0.15) is 0 Å². The number of anilines is 2. The van der Waals surface area contributed by atoms with Crippen molar-refractivity contribution in [2.75, 3.05) is 22.9 Å². The minimum absolute atomic E-state index is 0.0844. The first kappa shape index (κ1) is 26.0. The van der Waals surface area contributed by atoms with Crippen molar-refractivity contribution in [2.24, 2.45) is 0 Å². The van der Waals surface area contributed by atoms with Gasteiger partial charge in [0.1, 0.15) is 11.9 Å². The topological polar surface area (TPSA) is 52.7 Å². The molecule has 1 heterocycles. The van der Waals surface area contributed by atoms with Crippen molar-refractivity contribution in [1.29, 1.82) is 0 Å². The number of carbonyl (C=O) groups excluding carboxylic acids is 2. The standard InChI is InChI=1S/C32H36FN3O2/c1-23-11-5-7-18-28(23)31(32(38)34-26-15-3-2-4-16-26)36(27-17-9-14-25(33)21-27)30(37)22-35-20-10-13-24-12-6-8-19-29(24)35/h5-9,11-12,14,17-19,21,26,31H,2-4,10,13,15-16,20,22H2,1H3,(H,34,38). The van der Waals surface area contributed by atoms with Gasteiger partial charge in [0.25, 0.3) is 0 Å². The SMILES string of the molecule is Cc1ccccc1C(C(=O)NC1CCCCC1)N(C(=O)CN1CCCc2ccccc21)c1cccc(F)c1. The Labute approximate surface area is 224 Å². The number of halogens is 1. The second-order valence-corrected chi connectivity index (χ2v) is 10.5. The first-order chi connectivity index (χ1) is 18.5. The molecule has 0 aromatic heterocycles. The number of para-hydroxylation sites is 1. The third kappa shape index (κ3) is 5.74. The van der Waals surface area contributed by atoms with Crippen LogP contribution in [0.1, 0.15) is 61.3 Å². The molecule has 1 atom stereocenters. The minimum Gasteiger partial charge on any atom is -0.362 e. The average molecular weight is 514 g/mol. The normalized spacial score (nSPS) is 16.4. The van der Waals surface area contributed by atoms with Crippen LogP contribution in [0.25, 0.3) is 0 Å². The van der Waals surface area contributed by atoms with E-state index in [-0.39, 0.29) is 24.4 Å². The van der Waals surface area contributed by atoms with Crippen LogP contribution >= 0.6 is 0 Å². The summed E-state index contributed by atoms with van der Waals surface area (Å²) in [5.41, 5.74) is 4.30. The van der Waals surface area contributed by atoms with Crippen molar-refractivity contribution < 1.29 is 14.0 Å². The predicted molar refractivity (Wildman–Crippen MR) is 150 cm³/mol. The molecule has 5 nitrogen and oxygen atoms in total. The van der Waals surface area contributed by atoms with E-state index in [0.29, 0.717) is 5.69 Å². The number of amides is 2. The molecular formula is C32H36FN3O2. The Bertz CT molecular complexity index is 1290. The van der Waals surface area contributed by atoms with Gasteiger partial charge in [-0.15, -0.1) is 0 Å². The van der Waals surface area contributed by atoms with Gasteiger partial charge in [0.2, 0.25) is 11.8 Å². The van der Waals surface area contributed by atoms with Crippen LogP contribution in [0.3, 0.4) is 0 Å². The maximum Gasteiger partial charge on any atom is 0.248 e. The van der Waals surface area contributed by atoms with Gasteiger partial charge in [-0.1, -0.05) is 67.8 Å². The lowest BCUT2D eigenvalue weighted by atomic mass is 9.93. The number of hydrogen-bond donors (Lipinski definition) is 1. The van der Waals surface area contributed by atoms with Crippen molar-refractivity contribution in [3.05, 3.63) is 95.3 Å². The lowest BCUT2D eigenvalue weighted by Crippen LogP contribution is -2.50. The molecule has 1 fully saturated rings. The lowest BCUT2D eigenvalue weighted by molar-refractivity contribution is -0.127. The van der Waals surface area contributed by atoms with E-state index in [9.17, 15) is 14.0 Å². The maximum absolute atomic E-state index is 14.5.